The van der Waals surface area contributed by atoms with Crippen molar-refractivity contribution in [2.75, 3.05) is 26.9 Å². The van der Waals surface area contributed by atoms with Crippen LogP contribution >= 0.6 is 0 Å². The predicted octanol–water partition coefficient (Wildman–Crippen LogP) is 2.20. The van der Waals surface area contributed by atoms with Crippen LogP contribution in [0.25, 0.3) is 0 Å². The van der Waals surface area contributed by atoms with Crippen molar-refractivity contribution in [2.45, 2.75) is 26.7 Å². The zero-order chi connectivity index (χ0) is 15.0. The Morgan fingerprint density at radius 1 is 1.40 bits per heavy atom. The Balaban J connectivity index is 2.52. The van der Waals surface area contributed by atoms with Crippen LogP contribution < -0.4 is 0 Å². The van der Waals surface area contributed by atoms with Crippen molar-refractivity contribution in [3.05, 3.63) is 24.3 Å². The van der Waals surface area contributed by atoms with E-state index in [0.29, 0.717) is 12.6 Å². The number of allylic oxidation sites excluding steroid dienone is 2. The summed E-state index contributed by atoms with van der Waals surface area (Å²) in [5.74, 6) is 0.682. The molecule has 5 heteroatoms. The SMILES string of the molecule is C=C/C(C)=C\C(=NCN=C1CCN(C(C)=O)CC1)OC. The lowest BCUT2D eigenvalue weighted by molar-refractivity contribution is -0.128. The summed E-state index contributed by atoms with van der Waals surface area (Å²) < 4.78 is 5.16. The number of likely N-dealkylation sites (tertiary alicyclic amines) is 1. The molecule has 0 N–H and O–H groups in total. The minimum absolute atomic E-state index is 0.133. The van der Waals surface area contributed by atoms with Crippen molar-refractivity contribution in [1.29, 1.82) is 0 Å². The molecule has 20 heavy (non-hydrogen) atoms. The maximum atomic E-state index is 11.2. The van der Waals surface area contributed by atoms with E-state index in [0.717, 1.165) is 37.2 Å². The largest absolute Gasteiger partial charge is 0.481 e. The molecule has 1 rings (SSSR count). The molecule has 0 aromatic carbocycles. The van der Waals surface area contributed by atoms with Crippen molar-refractivity contribution >= 4 is 17.5 Å². The number of piperidine rings is 1. The van der Waals surface area contributed by atoms with E-state index in [1.807, 2.05) is 17.9 Å². The van der Waals surface area contributed by atoms with Crippen molar-refractivity contribution in [2.24, 2.45) is 9.98 Å². The lowest BCUT2D eigenvalue weighted by Gasteiger charge is -2.26. The molecule has 1 saturated heterocycles. The zero-order valence-corrected chi connectivity index (χ0v) is 12.6. The number of hydrogen-bond donors (Lipinski definition) is 0. The third-order valence-corrected chi connectivity index (χ3v) is 3.19. The second-order valence-electron chi connectivity index (χ2n) is 4.66. The van der Waals surface area contributed by atoms with Gasteiger partial charge in [-0.25, -0.2) is 4.99 Å². The molecule has 1 fully saturated rings. The zero-order valence-electron chi connectivity index (χ0n) is 12.6. The number of hydrogen-bond acceptors (Lipinski definition) is 4. The van der Waals surface area contributed by atoms with Gasteiger partial charge in [-0.3, -0.25) is 9.79 Å². The highest BCUT2D eigenvalue weighted by molar-refractivity contribution is 5.89. The van der Waals surface area contributed by atoms with Gasteiger partial charge in [-0.05, 0) is 12.5 Å². The van der Waals surface area contributed by atoms with E-state index < -0.39 is 0 Å². The molecule has 0 atom stereocenters. The standard InChI is InChI=1S/C15H23N3O2/c1-5-12(2)10-15(20-4)17-11-16-14-6-8-18(9-7-14)13(3)19/h5,10H,1,6-9,11H2,2-4H3/b12-10-,17-15?. The number of methoxy groups -OCH3 is 1. The fourth-order valence-corrected chi connectivity index (χ4v) is 1.87. The number of rotatable bonds is 4. The van der Waals surface area contributed by atoms with Gasteiger partial charge in [0.05, 0.1) is 7.11 Å². The van der Waals surface area contributed by atoms with Crippen LogP contribution in [-0.2, 0) is 9.53 Å². The van der Waals surface area contributed by atoms with Crippen LogP contribution in [0.4, 0.5) is 0 Å². The van der Waals surface area contributed by atoms with Crippen LogP contribution in [0, 0.1) is 0 Å². The monoisotopic (exact) mass is 277 g/mol. The van der Waals surface area contributed by atoms with E-state index in [1.54, 1.807) is 20.1 Å². The molecular formula is C15H23N3O2. The molecule has 110 valence electrons. The van der Waals surface area contributed by atoms with Gasteiger partial charge in [-0.1, -0.05) is 12.7 Å². The first-order valence-corrected chi connectivity index (χ1v) is 6.73. The van der Waals surface area contributed by atoms with E-state index in [4.69, 9.17) is 4.74 Å². The lowest BCUT2D eigenvalue weighted by atomic mass is 10.1. The van der Waals surface area contributed by atoms with Crippen molar-refractivity contribution in [3.63, 3.8) is 0 Å². The van der Waals surface area contributed by atoms with E-state index in [1.165, 1.54) is 0 Å². The van der Waals surface area contributed by atoms with Crippen LogP contribution in [0.1, 0.15) is 26.7 Å². The number of carbonyl (C=O) groups is 1. The highest BCUT2D eigenvalue weighted by atomic mass is 16.5. The van der Waals surface area contributed by atoms with Crippen molar-refractivity contribution in [3.8, 4) is 0 Å². The minimum atomic E-state index is 0.133. The van der Waals surface area contributed by atoms with Gasteiger partial charge in [0.1, 0.15) is 6.67 Å². The molecule has 1 amide bonds. The molecule has 1 aliphatic rings. The Bertz CT molecular complexity index is 440. The summed E-state index contributed by atoms with van der Waals surface area (Å²) >= 11 is 0. The molecule has 0 aromatic rings. The topological polar surface area (TPSA) is 54.3 Å². The number of nitrogens with zero attached hydrogens (tertiary/aromatic N) is 3. The van der Waals surface area contributed by atoms with Gasteiger partial charge < -0.3 is 9.64 Å². The smallest absolute Gasteiger partial charge is 0.219 e. The summed E-state index contributed by atoms with van der Waals surface area (Å²) in [7, 11) is 1.59. The predicted molar refractivity (Wildman–Crippen MR) is 82.2 cm³/mol. The summed E-state index contributed by atoms with van der Waals surface area (Å²) in [6, 6.07) is 0. The Morgan fingerprint density at radius 2 is 2.05 bits per heavy atom. The highest BCUT2D eigenvalue weighted by Crippen LogP contribution is 2.07. The number of amides is 1. The molecule has 1 heterocycles. The first kappa shape index (κ1) is 16.1. The normalized spacial score (nSPS) is 16.9. The lowest BCUT2D eigenvalue weighted by Crippen LogP contribution is -2.37. The number of ether oxygens (including phenoxy) is 1. The van der Waals surface area contributed by atoms with Crippen LogP contribution in [0.15, 0.2) is 34.3 Å². The highest BCUT2D eigenvalue weighted by Gasteiger charge is 2.16. The van der Waals surface area contributed by atoms with Gasteiger partial charge >= 0.3 is 0 Å². The van der Waals surface area contributed by atoms with Gasteiger partial charge in [0.15, 0.2) is 0 Å². The second kappa shape index (κ2) is 8.30. The molecule has 0 aliphatic carbocycles. The van der Waals surface area contributed by atoms with Gasteiger partial charge in [0.25, 0.3) is 0 Å². The van der Waals surface area contributed by atoms with Crippen molar-refractivity contribution in [1.82, 2.24) is 4.90 Å². The molecule has 0 aromatic heterocycles. The fourth-order valence-electron chi connectivity index (χ4n) is 1.87. The van der Waals surface area contributed by atoms with Crippen LogP contribution in [-0.4, -0.2) is 49.3 Å². The Morgan fingerprint density at radius 3 is 2.55 bits per heavy atom. The maximum absolute atomic E-state index is 11.2. The van der Waals surface area contributed by atoms with Crippen LogP contribution in [0.3, 0.4) is 0 Å². The minimum Gasteiger partial charge on any atom is -0.481 e. The summed E-state index contributed by atoms with van der Waals surface area (Å²) in [5.41, 5.74) is 2.11. The van der Waals surface area contributed by atoms with Crippen LogP contribution in [0.5, 0.6) is 0 Å². The second-order valence-corrected chi connectivity index (χ2v) is 4.66. The third-order valence-electron chi connectivity index (χ3n) is 3.19. The van der Waals surface area contributed by atoms with E-state index in [-0.39, 0.29) is 5.91 Å². The van der Waals surface area contributed by atoms with Crippen LogP contribution in [0.2, 0.25) is 0 Å². The molecule has 0 unspecified atom stereocenters. The Kier molecular flexibility index (Phi) is 6.70. The summed E-state index contributed by atoms with van der Waals surface area (Å²) in [4.78, 5) is 21.8. The van der Waals surface area contributed by atoms with Gasteiger partial charge in [0, 0.05) is 44.6 Å². The molecule has 0 radical (unpaired) electrons. The number of carbonyl (C=O) groups excluding carboxylic acids is 1. The molecular weight excluding hydrogens is 254 g/mol. The molecule has 1 aliphatic heterocycles. The van der Waals surface area contributed by atoms with Gasteiger partial charge in [-0.15, -0.1) is 0 Å². The Labute approximate surface area is 120 Å². The first-order valence-electron chi connectivity index (χ1n) is 6.73. The maximum Gasteiger partial charge on any atom is 0.219 e. The molecule has 0 saturated carbocycles. The van der Waals surface area contributed by atoms with Gasteiger partial charge in [0.2, 0.25) is 11.8 Å². The summed E-state index contributed by atoms with van der Waals surface area (Å²) in [5, 5.41) is 0. The van der Waals surface area contributed by atoms with E-state index in [9.17, 15) is 4.79 Å². The number of aliphatic imine (C=N–C) groups is 2. The van der Waals surface area contributed by atoms with E-state index >= 15 is 0 Å². The van der Waals surface area contributed by atoms with E-state index in [2.05, 4.69) is 16.6 Å². The van der Waals surface area contributed by atoms with Crippen molar-refractivity contribution < 1.29 is 9.53 Å². The Hall–Kier alpha value is -1.91. The fraction of sp³-hybridized carbons (Fsp3) is 0.533. The summed E-state index contributed by atoms with van der Waals surface area (Å²) in [6.07, 6.45) is 5.24. The quantitative estimate of drug-likeness (QED) is 0.449. The first-order chi connectivity index (χ1) is 9.56. The molecule has 5 nitrogen and oxygen atoms in total. The summed E-state index contributed by atoms with van der Waals surface area (Å²) in [6.45, 7) is 9.09. The third kappa shape index (κ3) is 5.38. The van der Waals surface area contributed by atoms with Gasteiger partial charge in [-0.2, -0.15) is 0 Å². The average molecular weight is 277 g/mol. The molecule has 0 spiro atoms. The average Bonchev–Trinajstić information content (AvgIpc) is 2.46. The molecule has 0 bridgehead atoms.